The molecule has 0 fully saturated rings. The summed E-state index contributed by atoms with van der Waals surface area (Å²) in [5.74, 6) is -0.0334. The van der Waals surface area contributed by atoms with E-state index in [4.69, 9.17) is 0 Å². The molecule has 0 saturated carbocycles. The van der Waals surface area contributed by atoms with E-state index in [1.807, 2.05) is 41.3 Å². The molecule has 0 bridgehead atoms. The van der Waals surface area contributed by atoms with Gasteiger partial charge in [-0.15, -0.1) is 0 Å². The normalized spacial score (nSPS) is 14.4. The molecule has 0 saturated heterocycles. The van der Waals surface area contributed by atoms with Gasteiger partial charge in [0.1, 0.15) is 5.65 Å². The summed E-state index contributed by atoms with van der Waals surface area (Å²) in [4.78, 5) is 27.0. The van der Waals surface area contributed by atoms with Gasteiger partial charge in [-0.25, -0.2) is 4.98 Å². The fourth-order valence-electron chi connectivity index (χ4n) is 2.51. The molecule has 2 heterocycles. The highest BCUT2D eigenvalue weighted by molar-refractivity contribution is 7.97. The van der Waals surface area contributed by atoms with Gasteiger partial charge >= 0.3 is 0 Å². The van der Waals surface area contributed by atoms with E-state index >= 15 is 0 Å². The third-order valence-electron chi connectivity index (χ3n) is 3.61. The zero-order valence-electron chi connectivity index (χ0n) is 12.1. The lowest BCUT2D eigenvalue weighted by Crippen LogP contribution is -2.19. The first-order chi connectivity index (χ1) is 10.7. The number of hydrogen-bond donors (Lipinski definition) is 1. The number of nitrogens with zero attached hydrogens (tertiary/aromatic N) is 2. The monoisotopic (exact) mass is 313 g/mol. The predicted octanol–water partition coefficient (Wildman–Crippen LogP) is 2.80. The van der Waals surface area contributed by atoms with Crippen LogP contribution in [0.25, 0.3) is 16.7 Å². The van der Waals surface area contributed by atoms with Crippen molar-refractivity contribution in [1.29, 1.82) is 0 Å². The van der Waals surface area contributed by atoms with Crippen molar-refractivity contribution in [1.82, 2.24) is 14.3 Å². The Bertz CT molecular complexity index is 805. The standard InChI is InChI=1S/C16H15N3O2S/c1-22-18-16(21)12-2-4-14(5-3-12)19-7-6-13-8-11(10-20)9-17-15(13)19/h2,4,6-10H,3,5H2,1H3,(H,18,21). The minimum absolute atomic E-state index is 0.0334. The molecule has 22 heavy (non-hydrogen) atoms. The number of carbonyl (C=O) groups is 2. The van der Waals surface area contributed by atoms with Crippen molar-refractivity contribution in [2.24, 2.45) is 0 Å². The average Bonchev–Trinajstić information content (AvgIpc) is 2.98. The summed E-state index contributed by atoms with van der Waals surface area (Å²) in [7, 11) is 0. The fourth-order valence-corrected chi connectivity index (χ4v) is 2.83. The Hall–Kier alpha value is -2.34. The third kappa shape index (κ3) is 2.69. The molecular weight excluding hydrogens is 298 g/mol. The number of allylic oxidation sites excluding steroid dienone is 3. The number of rotatable bonds is 4. The summed E-state index contributed by atoms with van der Waals surface area (Å²) in [5, 5.41) is 0.931. The Morgan fingerprint density at radius 1 is 1.41 bits per heavy atom. The van der Waals surface area contributed by atoms with E-state index in [1.54, 1.807) is 6.20 Å². The van der Waals surface area contributed by atoms with Gasteiger partial charge in [0.15, 0.2) is 6.29 Å². The Morgan fingerprint density at radius 3 is 2.95 bits per heavy atom. The van der Waals surface area contributed by atoms with Gasteiger partial charge in [-0.05, 0) is 31.1 Å². The number of fused-ring (bicyclic) bond motifs is 1. The molecule has 0 unspecified atom stereocenters. The number of hydrogen-bond acceptors (Lipinski definition) is 4. The molecule has 2 aromatic heterocycles. The van der Waals surface area contributed by atoms with Crippen molar-refractivity contribution < 1.29 is 9.59 Å². The summed E-state index contributed by atoms with van der Waals surface area (Å²) in [6.07, 6.45) is 11.4. The highest BCUT2D eigenvalue weighted by Crippen LogP contribution is 2.26. The second-order valence-electron chi connectivity index (χ2n) is 4.97. The van der Waals surface area contributed by atoms with Gasteiger partial charge in [0.25, 0.3) is 5.91 Å². The number of aromatic nitrogens is 2. The predicted molar refractivity (Wildman–Crippen MR) is 88.4 cm³/mol. The van der Waals surface area contributed by atoms with E-state index in [0.29, 0.717) is 12.0 Å². The van der Waals surface area contributed by atoms with Gasteiger partial charge in [-0.3, -0.25) is 14.3 Å². The largest absolute Gasteiger partial charge is 0.305 e. The summed E-state index contributed by atoms with van der Waals surface area (Å²) in [6.45, 7) is 0. The van der Waals surface area contributed by atoms with Crippen molar-refractivity contribution in [2.75, 3.05) is 6.26 Å². The summed E-state index contributed by atoms with van der Waals surface area (Å²) < 4.78 is 4.74. The molecule has 2 aromatic rings. The molecule has 0 aliphatic heterocycles. The Morgan fingerprint density at radius 2 is 2.27 bits per heavy atom. The van der Waals surface area contributed by atoms with Gasteiger partial charge < -0.3 is 4.57 Å². The van der Waals surface area contributed by atoms with Crippen LogP contribution in [-0.2, 0) is 4.79 Å². The van der Waals surface area contributed by atoms with Gasteiger partial charge in [-0.2, -0.15) is 0 Å². The zero-order chi connectivity index (χ0) is 15.5. The molecule has 1 N–H and O–H groups in total. The molecule has 112 valence electrons. The van der Waals surface area contributed by atoms with Crippen molar-refractivity contribution in [3.05, 3.63) is 47.8 Å². The quantitative estimate of drug-likeness (QED) is 0.696. The van der Waals surface area contributed by atoms with E-state index in [0.717, 1.165) is 35.0 Å². The van der Waals surface area contributed by atoms with Gasteiger partial charge in [0, 0.05) is 40.9 Å². The zero-order valence-corrected chi connectivity index (χ0v) is 12.9. The topological polar surface area (TPSA) is 64.0 Å². The highest BCUT2D eigenvalue weighted by Gasteiger charge is 2.15. The molecule has 0 atom stereocenters. The van der Waals surface area contributed by atoms with Crippen molar-refractivity contribution in [3.63, 3.8) is 0 Å². The molecule has 3 rings (SSSR count). The minimum Gasteiger partial charge on any atom is -0.305 e. The van der Waals surface area contributed by atoms with Crippen molar-refractivity contribution in [2.45, 2.75) is 12.8 Å². The van der Waals surface area contributed by atoms with Crippen LogP contribution in [0, 0.1) is 0 Å². The number of amides is 1. The maximum absolute atomic E-state index is 11.8. The Balaban J connectivity index is 1.92. The Labute approximate surface area is 132 Å². The maximum atomic E-state index is 11.8. The van der Waals surface area contributed by atoms with Crippen LogP contribution in [0.4, 0.5) is 0 Å². The van der Waals surface area contributed by atoms with Gasteiger partial charge in [-0.1, -0.05) is 18.0 Å². The van der Waals surface area contributed by atoms with E-state index in [-0.39, 0.29) is 5.91 Å². The van der Waals surface area contributed by atoms with E-state index < -0.39 is 0 Å². The van der Waals surface area contributed by atoms with Gasteiger partial charge in [0.05, 0.1) is 0 Å². The first-order valence-corrected chi connectivity index (χ1v) is 8.11. The molecule has 1 aliphatic carbocycles. The van der Waals surface area contributed by atoms with Crippen LogP contribution in [0.2, 0.25) is 0 Å². The molecule has 0 spiro atoms. The molecule has 6 heteroatoms. The van der Waals surface area contributed by atoms with Crippen molar-refractivity contribution in [3.8, 4) is 0 Å². The SMILES string of the molecule is CSNC(=O)C1=CC=C(n2ccc3cc(C=O)cnc32)CC1. The minimum atomic E-state index is -0.0334. The molecule has 0 aromatic carbocycles. The Kier molecular flexibility index (Phi) is 4.11. The lowest BCUT2D eigenvalue weighted by Gasteiger charge is -2.15. The third-order valence-corrected chi connectivity index (χ3v) is 4.00. The smallest absolute Gasteiger partial charge is 0.257 e. The summed E-state index contributed by atoms with van der Waals surface area (Å²) in [5.41, 5.74) is 3.26. The molecule has 0 radical (unpaired) electrons. The fraction of sp³-hybridized carbons (Fsp3) is 0.188. The van der Waals surface area contributed by atoms with Gasteiger partial charge in [0.2, 0.25) is 0 Å². The van der Waals surface area contributed by atoms with Crippen LogP contribution in [0.5, 0.6) is 0 Å². The number of aldehydes is 1. The molecule has 1 amide bonds. The second-order valence-corrected chi connectivity index (χ2v) is 5.58. The molecule has 1 aliphatic rings. The number of nitrogens with one attached hydrogen (secondary N) is 1. The number of pyridine rings is 1. The summed E-state index contributed by atoms with van der Waals surface area (Å²) in [6, 6.07) is 3.76. The van der Waals surface area contributed by atoms with Crippen LogP contribution >= 0.6 is 11.9 Å². The maximum Gasteiger partial charge on any atom is 0.257 e. The van der Waals surface area contributed by atoms with Crippen LogP contribution < -0.4 is 4.72 Å². The van der Waals surface area contributed by atoms with Crippen molar-refractivity contribution >= 4 is 40.9 Å². The summed E-state index contributed by atoms with van der Waals surface area (Å²) >= 11 is 1.30. The van der Waals surface area contributed by atoms with Crippen LogP contribution in [-0.4, -0.2) is 28.0 Å². The number of carbonyl (C=O) groups excluding carboxylic acids is 2. The lowest BCUT2D eigenvalue weighted by atomic mass is 10.0. The first-order valence-electron chi connectivity index (χ1n) is 6.88. The average molecular weight is 313 g/mol. The first kappa shape index (κ1) is 14.6. The van der Waals surface area contributed by atoms with E-state index in [9.17, 15) is 9.59 Å². The van der Waals surface area contributed by atoms with E-state index in [1.165, 1.54) is 11.9 Å². The molecule has 5 nitrogen and oxygen atoms in total. The van der Waals surface area contributed by atoms with Crippen LogP contribution in [0.1, 0.15) is 23.2 Å². The lowest BCUT2D eigenvalue weighted by molar-refractivity contribution is -0.115. The second kappa shape index (κ2) is 6.19. The van der Waals surface area contributed by atoms with Crippen LogP contribution in [0.15, 0.2) is 42.3 Å². The van der Waals surface area contributed by atoms with E-state index in [2.05, 4.69) is 9.71 Å². The molecular formula is C16H15N3O2S. The highest BCUT2D eigenvalue weighted by atomic mass is 32.2. The van der Waals surface area contributed by atoms with Crippen LogP contribution in [0.3, 0.4) is 0 Å².